The van der Waals surface area contributed by atoms with Crippen LogP contribution in [-0.4, -0.2) is 34.5 Å². The molecule has 2 aromatic carbocycles. The van der Waals surface area contributed by atoms with Gasteiger partial charge in [-0.1, -0.05) is 30.3 Å². The van der Waals surface area contributed by atoms with Crippen molar-refractivity contribution in [2.75, 3.05) is 20.8 Å². The van der Waals surface area contributed by atoms with Crippen LogP contribution in [0.15, 0.2) is 59.5 Å². The van der Waals surface area contributed by atoms with Gasteiger partial charge >= 0.3 is 0 Å². The van der Waals surface area contributed by atoms with Crippen LogP contribution in [0.2, 0.25) is 0 Å². The van der Waals surface area contributed by atoms with Gasteiger partial charge in [0.15, 0.2) is 9.84 Å². The number of ether oxygens (including phenoxy) is 2. The van der Waals surface area contributed by atoms with Crippen LogP contribution in [0.25, 0.3) is 0 Å². The lowest BCUT2D eigenvalue weighted by atomic mass is 10.0. The van der Waals surface area contributed by atoms with E-state index in [9.17, 15) is 13.7 Å². The fraction of sp³-hybridized carbons (Fsp3) is 0.316. The summed E-state index contributed by atoms with van der Waals surface area (Å²) in [6.45, 7) is 0.0664. The van der Waals surface area contributed by atoms with Gasteiger partial charge in [0, 0.05) is 13.0 Å². The summed E-state index contributed by atoms with van der Waals surface area (Å²) in [4.78, 5) is 0.228. The summed E-state index contributed by atoms with van der Waals surface area (Å²) >= 11 is 0. The van der Waals surface area contributed by atoms with Crippen molar-refractivity contribution >= 4 is 9.84 Å². The van der Waals surface area contributed by atoms with Gasteiger partial charge < -0.3 is 9.47 Å². The second kappa shape index (κ2) is 6.51. The molecular weight excluding hydrogens is 338 g/mol. The first-order valence-corrected chi connectivity index (χ1v) is 9.39. The molecule has 0 amide bonds. The van der Waals surface area contributed by atoms with Crippen LogP contribution in [0.5, 0.6) is 5.75 Å². The van der Waals surface area contributed by atoms with E-state index >= 15 is 0 Å². The van der Waals surface area contributed by atoms with Gasteiger partial charge in [0.1, 0.15) is 11.2 Å². The predicted molar refractivity (Wildman–Crippen MR) is 93.1 cm³/mol. The van der Waals surface area contributed by atoms with Gasteiger partial charge in [0.25, 0.3) is 0 Å². The summed E-state index contributed by atoms with van der Waals surface area (Å²) in [5.74, 6) is 0.245. The van der Waals surface area contributed by atoms with Crippen molar-refractivity contribution in [3.05, 3.63) is 60.2 Å². The van der Waals surface area contributed by atoms with E-state index in [1.54, 1.807) is 49.6 Å². The van der Waals surface area contributed by atoms with Gasteiger partial charge in [-0.3, -0.25) is 0 Å². The molecule has 1 aliphatic rings. The minimum atomic E-state index is -3.65. The number of hydrogen-bond donors (Lipinski definition) is 0. The molecule has 3 atom stereocenters. The van der Waals surface area contributed by atoms with Crippen molar-refractivity contribution in [1.82, 2.24) is 0 Å². The highest BCUT2D eigenvalue weighted by Gasteiger charge is 2.72. The molecule has 6 heteroatoms. The van der Waals surface area contributed by atoms with Gasteiger partial charge in [-0.25, -0.2) is 8.42 Å². The third-order valence-electron chi connectivity index (χ3n) is 4.73. The fourth-order valence-electron chi connectivity index (χ4n) is 3.48. The molecule has 0 heterocycles. The second-order valence-corrected chi connectivity index (χ2v) is 8.18. The van der Waals surface area contributed by atoms with Crippen LogP contribution in [0.3, 0.4) is 0 Å². The lowest BCUT2D eigenvalue weighted by Crippen LogP contribution is -2.19. The Morgan fingerprint density at radius 2 is 1.72 bits per heavy atom. The van der Waals surface area contributed by atoms with Gasteiger partial charge in [-0.05, 0) is 29.8 Å². The molecule has 0 spiro atoms. The molecule has 5 nitrogen and oxygen atoms in total. The Bertz CT molecular complexity index is 887. The minimum absolute atomic E-state index is 0.0664. The van der Waals surface area contributed by atoms with Crippen molar-refractivity contribution in [2.45, 2.75) is 16.1 Å². The number of methoxy groups -OCH3 is 2. The molecule has 25 heavy (non-hydrogen) atoms. The topological polar surface area (TPSA) is 76.4 Å². The van der Waals surface area contributed by atoms with Crippen molar-refractivity contribution in [3.63, 3.8) is 0 Å². The van der Waals surface area contributed by atoms with E-state index in [0.717, 1.165) is 5.56 Å². The Morgan fingerprint density at radius 3 is 2.24 bits per heavy atom. The molecule has 3 rings (SSSR count). The molecular formula is C19H19NO4S. The maximum Gasteiger partial charge on any atom is 0.183 e. The molecule has 1 saturated carbocycles. The third kappa shape index (κ3) is 2.80. The Morgan fingerprint density at radius 1 is 1.08 bits per heavy atom. The molecule has 0 radical (unpaired) electrons. The lowest BCUT2D eigenvalue weighted by Gasteiger charge is -2.08. The summed E-state index contributed by atoms with van der Waals surface area (Å²) < 4.78 is 36.6. The predicted octanol–water partition coefficient (Wildman–Crippen LogP) is 2.79. The highest BCUT2D eigenvalue weighted by atomic mass is 32.2. The Balaban J connectivity index is 2.05. The largest absolute Gasteiger partial charge is 0.497 e. The van der Waals surface area contributed by atoms with Crippen molar-refractivity contribution in [2.24, 2.45) is 5.41 Å². The number of rotatable bonds is 6. The van der Waals surface area contributed by atoms with E-state index in [4.69, 9.17) is 9.47 Å². The molecule has 0 aromatic heterocycles. The van der Waals surface area contributed by atoms with Crippen LogP contribution in [0, 0.1) is 16.7 Å². The van der Waals surface area contributed by atoms with E-state index in [-0.39, 0.29) is 11.5 Å². The number of nitrogens with zero attached hydrogens (tertiary/aromatic N) is 1. The van der Waals surface area contributed by atoms with Gasteiger partial charge in [-0.15, -0.1) is 0 Å². The quantitative estimate of drug-likeness (QED) is 0.794. The Labute approximate surface area is 147 Å². The molecule has 0 aliphatic heterocycles. The Kier molecular flexibility index (Phi) is 4.55. The monoisotopic (exact) mass is 357 g/mol. The molecule has 0 N–H and O–H groups in total. The first-order valence-electron chi connectivity index (χ1n) is 7.84. The summed E-state index contributed by atoms with van der Waals surface area (Å²) in [6.07, 6.45) is 0. The average molecular weight is 357 g/mol. The second-order valence-electron chi connectivity index (χ2n) is 6.11. The van der Waals surface area contributed by atoms with Crippen molar-refractivity contribution < 1.29 is 17.9 Å². The highest BCUT2D eigenvalue weighted by Crippen LogP contribution is 2.63. The average Bonchev–Trinajstić information content (AvgIpc) is 3.32. The number of sulfone groups is 1. The standard InChI is InChI=1S/C19H19NO4S/c1-23-13-19(12-20)17(14-8-10-15(24-2)11-9-14)18(19)25(21,22)16-6-4-3-5-7-16/h3-11,17-18H,13H2,1-2H3/t17-,18-,19-/m1/s1. The van der Waals surface area contributed by atoms with Gasteiger partial charge in [-0.2, -0.15) is 5.26 Å². The zero-order valence-electron chi connectivity index (χ0n) is 14.0. The summed E-state index contributed by atoms with van der Waals surface area (Å²) in [5, 5.41) is 8.95. The summed E-state index contributed by atoms with van der Waals surface area (Å²) in [6, 6.07) is 17.6. The first-order chi connectivity index (χ1) is 12.0. The zero-order chi connectivity index (χ0) is 18.1. The van der Waals surface area contributed by atoms with E-state index < -0.39 is 26.4 Å². The lowest BCUT2D eigenvalue weighted by molar-refractivity contribution is 0.162. The van der Waals surface area contributed by atoms with E-state index in [1.165, 1.54) is 7.11 Å². The molecule has 0 unspecified atom stereocenters. The molecule has 1 fully saturated rings. The van der Waals surface area contributed by atoms with Crippen molar-refractivity contribution in [3.8, 4) is 11.8 Å². The molecule has 2 aromatic rings. The maximum atomic E-state index is 13.1. The molecule has 0 saturated heterocycles. The van der Waals surface area contributed by atoms with Crippen LogP contribution < -0.4 is 4.74 Å². The minimum Gasteiger partial charge on any atom is -0.497 e. The van der Waals surface area contributed by atoms with Gasteiger partial charge in [0.2, 0.25) is 0 Å². The smallest absolute Gasteiger partial charge is 0.183 e. The third-order valence-corrected chi connectivity index (χ3v) is 7.02. The summed E-state index contributed by atoms with van der Waals surface area (Å²) in [5.41, 5.74) is -0.290. The number of nitriles is 1. The van der Waals surface area contributed by atoms with Crippen LogP contribution >= 0.6 is 0 Å². The van der Waals surface area contributed by atoms with E-state index in [2.05, 4.69) is 6.07 Å². The number of benzene rings is 2. The van der Waals surface area contributed by atoms with Gasteiger partial charge in [0.05, 0.1) is 29.9 Å². The molecule has 0 bridgehead atoms. The van der Waals surface area contributed by atoms with Crippen LogP contribution in [0.1, 0.15) is 11.5 Å². The SMILES string of the molecule is COC[C@]1(C#N)[C@H](c2ccc(OC)cc2)[C@H]1S(=O)(=O)c1ccccc1. The van der Waals surface area contributed by atoms with E-state index in [1.807, 2.05) is 12.1 Å². The molecule has 130 valence electrons. The maximum absolute atomic E-state index is 13.1. The highest BCUT2D eigenvalue weighted by molar-refractivity contribution is 7.92. The summed E-state index contributed by atoms with van der Waals surface area (Å²) in [7, 11) is -0.605. The normalized spacial score (nSPS) is 25.2. The fourth-order valence-corrected chi connectivity index (χ4v) is 5.81. The van der Waals surface area contributed by atoms with Crippen LogP contribution in [0.4, 0.5) is 0 Å². The first kappa shape index (κ1) is 17.5. The zero-order valence-corrected chi connectivity index (χ0v) is 14.9. The number of hydrogen-bond acceptors (Lipinski definition) is 5. The van der Waals surface area contributed by atoms with Crippen LogP contribution in [-0.2, 0) is 14.6 Å². The van der Waals surface area contributed by atoms with Crippen molar-refractivity contribution in [1.29, 1.82) is 5.26 Å². The Hall–Kier alpha value is -2.36. The molecule has 1 aliphatic carbocycles. The van der Waals surface area contributed by atoms with E-state index in [0.29, 0.717) is 5.75 Å².